The highest BCUT2D eigenvalue weighted by molar-refractivity contribution is 5.90. The minimum Gasteiger partial charge on any atom is -0.345 e. The van der Waals surface area contributed by atoms with Crippen molar-refractivity contribution in [1.29, 1.82) is 0 Å². The van der Waals surface area contributed by atoms with E-state index in [1.54, 1.807) is 0 Å². The van der Waals surface area contributed by atoms with Gasteiger partial charge in [-0.25, -0.2) is 0 Å². The number of hydrogen-bond acceptors (Lipinski definition) is 1. The molecule has 0 aliphatic carbocycles. The number of aromatic nitrogens is 1. The van der Waals surface area contributed by atoms with Crippen LogP contribution in [0.2, 0.25) is 0 Å². The fourth-order valence-corrected chi connectivity index (χ4v) is 4.27. The van der Waals surface area contributed by atoms with Crippen LogP contribution in [-0.4, -0.2) is 4.57 Å². The van der Waals surface area contributed by atoms with Crippen molar-refractivity contribution in [3.8, 4) is 0 Å². The molecule has 3 heterocycles. The Bertz CT molecular complexity index is 977. The maximum absolute atomic E-state index is 4.39. The van der Waals surface area contributed by atoms with Crippen LogP contribution in [-0.2, 0) is 25.9 Å². The second-order valence-corrected chi connectivity index (χ2v) is 7.01. The molecule has 0 saturated heterocycles. The Morgan fingerprint density at radius 2 is 2.00 bits per heavy atom. The molecule has 2 aromatic carbocycles. The van der Waals surface area contributed by atoms with E-state index in [1.807, 2.05) is 0 Å². The lowest BCUT2D eigenvalue weighted by molar-refractivity contribution is 0.772. The van der Waals surface area contributed by atoms with Gasteiger partial charge in [0.05, 0.1) is 5.52 Å². The molecule has 0 N–H and O–H groups in total. The van der Waals surface area contributed by atoms with Gasteiger partial charge < -0.3 is 9.47 Å². The van der Waals surface area contributed by atoms with Gasteiger partial charge in [0.1, 0.15) is 0 Å². The van der Waals surface area contributed by atoms with E-state index in [0.29, 0.717) is 0 Å². The maximum atomic E-state index is 4.39. The number of fused-ring (bicyclic) bond motifs is 4. The van der Waals surface area contributed by atoms with E-state index in [-0.39, 0.29) is 0 Å². The first-order chi connectivity index (χ1) is 11.7. The molecule has 2 aliphatic heterocycles. The van der Waals surface area contributed by atoms with Crippen molar-refractivity contribution in [2.75, 3.05) is 4.90 Å². The minimum atomic E-state index is 0.928. The molecule has 1 aromatic heterocycles. The average Bonchev–Trinajstić information content (AvgIpc) is 3.27. The van der Waals surface area contributed by atoms with Gasteiger partial charge in [-0.2, -0.15) is 0 Å². The number of aryl methyl sites for hydroxylation is 3. The summed E-state index contributed by atoms with van der Waals surface area (Å²) >= 11 is 0. The normalized spacial score (nSPS) is 16.0. The van der Waals surface area contributed by atoms with Crippen molar-refractivity contribution in [2.24, 2.45) is 0 Å². The Morgan fingerprint density at radius 1 is 1.08 bits per heavy atom. The van der Waals surface area contributed by atoms with Crippen LogP contribution in [0.15, 0.2) is 49.0 Å². The number of anilines is 1. The summed E-state index contributed by atoms with van der Waals surface area (Å²) in [5.41, 5.74) is 9.34. The molecule has 0 saturated carbocycles. The zero-order valence-electron chi connectivity index (χ0n) is 14.2. The SMILES string of the molecule is C=C1c2cc(CC)ccc2CN1c1ccc2cc3n(c2c1)CCC3. The van der Waals surface area contributed by atoms with E-state index in [0.717, 1.165) is 25.2 Å². The second-order valence-electron chi connectivity index (χ2n) is 7.01. The summed E-state index contributed by atoms with van der Waals surface area (Å²) in [6, 6.07) is 16.0. The third-order valence-corrected chi connectivity index (χ3v) is 5.65. The van der Waals surface area contributed by atoms with Gasteiger partial charge in [0.25, 0.3) is 0 Å². The molecule has 0 spiro atoms. The summed E-state index contributed by atoms with van der Waals surface area (Å²) in [6.07, 6.45) is 3.56. The van der Waals surface area contributed by atoms with E-state index in [1.165, 1.54) is 51.8 Å². The predicted octanol–water partition coefficient (Wildman–Crippen LogP) is 5.14. The number of nitrogens with zero attached hydrogens (tertiary/aromatic N) is 2. The van der Waals surface area contributed by atoms with Gasteiger partial charge in [0.2, 0.25) is 0 Å². The second kappa shape index (κ2) is 5.01. The Morgan fingerprint density at radius 3 is 2.88 bits per heavy atom. The number of hydrogen-bond donors (Lipinski definition) is 0. The van der Waals surface area contributed by atoms with E-state index in [4.69, 9.17) is 0 Å². The van der Waals surface area contributed by atoms with E-state index in [9.17, 15) is 0 Å². The monoisotopic (exact) mass is 314 g/mol. The Hall–Kier alpha value is -2.48. The lowest BCUT2D eigenvalue weighted by Gasteiger charge is -2.20. The van der Waals surface area contributed by atoms with Crippen molar-refractivity contribution < 1.29 is 0 Å². The molecule has 24 heavy (non-hydrogen) atoms. The summed E-state index contributed by atoms with van der Waals surface area (Å²) in [5.74, 6) is 0. The smallest absolute Gasteiger partial charge is 0.0503 e. The van der Waals surface area contributed by atoms with Gasteiger partial charge in [-0.15, -0.1) is 0 Å². The van der Waals surface area contributed by atoms with Crippen LogP contribution < -0.4 is 4.90 Å². The summed E-state index contributed by atoms with van der Waals surface area (Å²) in [6.45, 7) is 8.68. The Labute approximate surface area is 143 Å². The summed E-state index contributed by atoms with van der Waals surface area (Å²) < 4.78 is 2.49. The van der Waals surface area contributed by atoms with Crippen molar-refractivity contribution in [3.63, 3.8) is 0 Å². The van der Waals surface area contributed by atoms with Crippen molar-refractivity contribution >= 4 is 22.3 Å². The van der Waals surface area contributed by atoms with Crippen LogP contribution in [0.3, 0.4) is 0 Å². The molecule has 0 amide bonds. The molecule has 120 valence electrons. The third-order valence-electron chi connectivity index (χ3n) is 5.65. The van der Waals surface area contributed by atoms with Gasteiger partial charge in [-0.05, 0) is 54.7 Å². The van der Waals surface area contributed by atoms with Crippen LogP contribution in [0.5, 0.6) is 0 Å². The highest BCUT2D eigenvalue weighted by Crippen LogP contribution is 2.38. The summed E-state index contributed by atoms with van der Waals surface area (Å²) in [7, 11) is 0. The quantitative estimate of drug-likeness (QED) is 0.636. The molecule has 2 nitrogen and oxygen atoms in total. The maximum Gasteiger partial charge on any atom is 0.0503 e. The fourth-order valence-electron chi connectivity index (χ4n) is 4.27. The molecule has 3 aromatic rings. The summed E-state index contributed by atoms with van der Waals surface area (Å²) in [5, 5.41) is 1.36. The zero-order chi connectivity index (χ0) is 16.3. The van der Waals surface area contributed by atoms with Crippen molar-refractivity contribution in [1.82, 2.24) is 4.57 Å². The molecule has 0 unspecified atom stereocenters. The fraction of sp³-hybridized carbons (Fsp3) is 0.273. The molecule has 0 bridgehead atoms. The molecular formula is C22H22N2. The van der Waals surface area contributed by atoms with Crippen molar-refractivity contribution in [2.45, 2.75) is 39.3 Å². The predicted molar refractivity (Wildman–Crippen MR) is 101 cm³/mol. The van der Waals surface area contributed by atoms with Gasteiger partial charge in [-0.3, -0.25) is 0 Å². The molecule has 0 atom stereocenters. The van der Waals surface area contributed by atoms with Gasteiger partial charge >= 0.3 is 0 Å². The lowest BCUT2D eigenvalue weighted by Crippen LogP contribution is -2.12. The Kier molecular flexibility index (Phi) is 2.90. The molecule has 2 aliphatic rings. The summed E-state index contributed by atoms with van der Waals surface area (Å²) in [4.78, 5) is 2.36. The van der Waals surface area contributed by atoms with Gasteiger partial charge in [0.15, 0.2) is 0 Å². The largest absolute Gasteiger partial charge is 0.345 e. The first-order valence-corrected chi connectivity index (χ1v) is 8.95. The van der Waals surface area contributed by atoms with Crippen LogP contribution >= 0.6 is 0 Å². The molecule has 2 heteroatoms. The number of benzene rings is 2. The van der Waals surface area contributed by atoms with Gasteiger partial charge in [0, 0.05) is 41.1 Å². The Balaban J connectivity index is 1.57. The molecule has 5 rings (SSSR count). The lowest BCUT2D eigenvalue weighted by atomic mass is 10.0. The molecule has 0 fully saturated rings. The third kappa shape index (κ3) is 1.89. The minimum absolute atomic E-state index is 0.928. The standard InChI is InChI=1S/C22H22N2/c1-3-16-6-7-18-14-24(15(2)21(18)11-16)20-9-8-17-12-19-5-4-10-23(19)22(17)13-20/h6-9,11-13H,2-5,10,14H2,1H3. The first kappa shape index (κ1) is 13.9. The first-order valence-electron chi connectivity index (χ1n) is 8.95. The highest BCUT2D eigenvalue weighted by Gasteiger charge is 2.24. The van der Waals surface area contributed by atoms with E-state index < -0.39 is 0 Å². The van der Waals surface area contributed by atoms with Crippen LogP contribution in [0.25, 0.3) is 16.6 Å². The van der Waals surface area contributed by atoms with Crippen LogP contribution in [0.4, 0.5) is 5.69 Å². The average molecular weight is 314 g/mol. The van der Waals surface area contributed by atoms with Crippen LogP contribution in [0, 0.1) is 0 Å². The zero-order valence-corrected chi connectivity index (χ0v) is 14.2. The highest BCUT2D eigenvalue weighted by atomic mass is 15.2. The van der Waals surface area contributed by atoms with E-state index in [2.05, 4.69) is 65.4 Å². The molecular weight excluding hydrogens is 292 g/mol. The van der Waals surface area contributed by atoms with Crippen molar-refractivity contribution in [3.05, 3.63) is 71.4 Å². The number of rotatable bonds is 2. The molecule has 0 radical (unpaired) electrons. The topological polar surface area (TPSA) is 8.17 Å². The van der Waals surface area contributed by atoms with Crippen LogP contribution in [0.1, 0.15) is 35.7 Å². The van der Waals surface area contributed by atoms with E-state index >= 15 is 0 Å². The van der Waals surface area contributed by atoms with Gasteiger partial charge in [-0.1, -0.05) is 31.7 Å².